The van der Waals surface area contributed by atoms with E-state index < -0.39 is 105 Å². The minimum Gasteiger partial charge on any atom is -0.748 e. The highest BCUT2D eigenvalue weighted by atomic mass is 32.2. The Hall–Kier alpha value is -5.87. The Morgan fingerprint density at radius 2 is 1.23 bits per heavy atom. The van der Waals surface area contributed by atoms with Crippen LogP contribution in [0, 0.1) is 0 Å². The second kappa shape index (κ2) is 24.4. The molecule has 3 heterocycles. The molecule has 2 amide bonds. The number of carbonyl (C=O) groups excluding carboxylic acids is 3. The van der Waals surface area contributed by atoms with Crippen LogP contribution in [-0.2, 0) is 94.9 Å². The van der Waals surface area contributed by atoms with Gasteiger partial charge in [0.25, 0.3) is 11.8 Å². The number of anilines is 1. The molecule has 0 N–H and O–H groups in total. The van der Waals surface area contributed by atoms with Crippen molar-refractivity contribution in [2.24, 2.45) is 0 Å². The van der Waals surface area contributed by atoms with Gasteiger partial charge in [0, 0.05) is 85.2 Å². The van der Waals surface area contributed by atoms with Crippen LogP contribution in [0.4, 0.5) is 11.4 Å². The Labute approximate surface area is 474 Å². The average molecular weight is 1240 g/mol. The predicted octanol–water partition coefficient (Wildman–Crippen LogP) is 3.93. The lowest BCUT2D eigenvalue weighted by Gasteiger charge is -2.31. The number of nitrogens with zero attached hydrogens (tertiary/aromatic N) is 3. The zero-order valence-electron chi connectivity index (χ0n) is 44.9. The minimum atomic E-state index is -5.44. The lowest BCUT2D eigenvalue weighted by Crippen LogP contribution is -2.33. The maximum atomic E-state index is 13.1. The van der Waals surface area contributed by atoms with Crippen LogP contribution in [0.15, 0.2) is 104 Å². The number of fused-ring (bicyclic) bond motifs is 6. The van der Waals surface area contributed by atoms with Crippen molar-refractivity contribution in [3.05, 3.63) is 95.2 Å². The van der Waals surface area contributed by atoms with Crippen molar-refractivity contribution < 1.29 is 103 Å². The van der Waals surface area contributed by atoms with Crippen LogP contribution < -0.4 is 4.90 Å². The van der Waals surface area contributed by atoms with E-state index in [2.05, 4.69) is 0 Å². The van der Waals surface area contributed by atoms with Crippen molar-refractivity contribution in [1.82, 2.24) is 5.06 Å². The fourth-order valence-corrected chi connectivity index (χ4v) is 13.9. The van der Waals surface area contributed by atoms with Gasteiger partial charge in [-0.2, -0.15) is 4.58 Å². The van der Waals surface area contributed by atoms with Crippen molar-refractivity contribution >= 4 is 107 Å². The number of hydrogen-bond acceptors (Lipinski definition) is 23. The maximum Gasteiger partial charge on any atom is 0.333 e. The second-order valence-corrected chi connectivity index (χ2v) is 27.0. The Kier molecular flexibility index (Phi) is 18.9. The monoisotopic (exact) mass is 1240 g/mol. The van der Waals surface area contributed by atoms with Gasteiger partial charge in [-0.25, -0.2) is 46.9 Å². The molecule has 7 rings (SSSR count). The molecule has 2 atom stereocenters. The molecule has 0 saturated carbocycles. The minimum absolute atomic E-state index is 0.0237. The van der Waals surface area contributed by atoms with E-state index >= 15 is 0 Å². The van der Waals surface area contributed by atoms with Gasteiger partial charge in [0.2, 0.25) is 5.69 Å². The van der Waals surface area contributed by atoms with Crippen LogP contribution in [0.2, 0.25) is 0 Å². The largest absolute Gasteiger partial charge is 0.748 e. The van der Waals surface area contributed by atoms with Gasteiger partial charge in [-0.05, 0) is 111 Å². The summed E-state index contributed by atoms with van der Waals surface area (Å²) in [4.78, 5) is 40.5. The Balaban J connectivity index is 1.40. The van der Waals surface area contributed by atoms with Crippen molar-refractivity contribution in [3.63, 3.8) is 0 Å². The van der Waals surface area contributed by atoms with E-state index in [9.17, 15) is 79.2 Å². The predicted molar refractivity (Wildman–Crippen MR) is 287 cm³/mol. The maximum absolute atomic E-state index is 13.1. The third kappa shape index (κ3) is 13.7. The molecule has 0 radical (unpaired) electrons. The Morgan fingerprint density at radius 3 is 1.77 bits per heavy atom. The number of rotatable bonds is 26. The molecule has 0 aromatic heterocycles. The molecule has 446 valence electrons. The summed E-state index contributed by atoms with van der Waals surface area (Å²) in [7, 11) is -24.9. The number of hydroxylamine groups is 2. The highest BCUT2D eigenvalue weighted by Gasteiger charge is 2.49. The Morgan fingerprint density at radius 1 is 0.683 bits per heavy atom. The molecule has 0 spiro atoms. The van der Waals surface area contributed by atoms with E-state index in [1.807, 2.05) is 0 Å². The number of methoxy groups -OCH3 is 1. The summed E-state index contributed by atoms with van der Waals surface area (Å²) in [6, 6.07) is 8.42. The first-order chi connectivity index (χ1) is 38.2. The standard InChI is InChI=1S/C52H61N3O22S5/c1-6-53-40-14-12-36-38(29-34(79(62,63)64)31-42(36)81(68,69)70)49(40)51(3,20-8-28-78(59,60)61)44(53)16-10-33(2)11-17-45-52(4,21-23-75-26-27-76-25-24-74-5)50-39-30-35(80(65,66)67)32-43(82(71,72)73)37(39)13-15-41(50)54(45)22-7-9-48(58)77-55-46(56)18-19-47(55)57/h10-17,29-32H,6-9,18-28H2,1-5H3,(H4-,59,60,61,62,63,64,65,66,67,68,69,70,71,72,73)/p-4. The van der Waals surface area contributed by atoms with Gasteiger partial charge in [0.15, 0.2) is 5.71 Å². The molecular weight excluding hydrogens is 1180 g/mol. The average Bonchev–Trinajstić information content (AvgIpc) is 1.64. The van der Waals surface area contributed by atoms with Crippen LogP contribution in [-0.4, -0.2) is 157 Å². The van der Waals surface area contributed by atoms with Gasteiger partial charge in [0.05, 0.1) is 68.0 Å². The number of carbonyl (C=O) groups is 3. The van der Waals surface area contributed by atoms with E-state index in [0.717, 1.165) is 12.1 Å². The number of imide groups is 1. The van der Waals surface area contributed by atoms with Crippen molar-refractivity contribution in [1.29, 1.82) is 0 Å². The highest BCUT2D eigenvalue weighted by molar-refractivity contribution is 7.87. The van der Waals surface area contributed by atoms with E-state index in [-0.39, 0.29) is 117 Å². The number of hydrogen-bond donors (Lipinski definition) is 0. The van der Waals surface area contributed by atoms with Crippen molar-refractivity contribution in [3.8, 4) is 0 Å². The van der Waals surface area contributed by atoms with Gasteiger partial charge < -0.3 is 46.7 Å². The SMILES string of the molecule is CCN1/C(=C/C=C(C)/C=C/C2=[N+](CCCC(=O)ON3C(=O)CCC3=O)c3ccc4c(S(=O)(=O)[O-])cc(S(=O)(=O)[O-])cc4c3C2(C)CCOCCOCCOC)C(C)(CCCS(=O)(=O)[O-])c2c1ccc1c(S(=O)(=O)[O-])cc(S(=O)(=O)[O-])cc21. The molecule has 3 aliphatic heterocycles. The quantitative estimate of drug-likeness (QED) is 0.0282. The molecule has 0 aliphatic carbocycles. The number of likely N-dealkylation sites (N-methyl/N-ethyl adjacent to an activating group) is 1. The van der Waals surface area contributed by atoms with E-state index in [0.29, 0.717) is 52.2 Å². The van der Waals surface area contributed by atoms with Crippen molar-refractivity contribution in [2.75, 3.05) is 63.9 Å². The number of amides is 2. The first-order valence-electron chi connectivity index (χ1n) is 25.4. The molecular formula is C52H57N3O22S5-4. The molecule has 25 nitrogen and oxygen atoms in total. The lowest BCUT2D eigenvalue weighted by atomic mass is 9.74. The second-order valence-electron chi connectivity index (χ2n) is 20.0. The van der Waals surface area contributed by atoms with Gasteiger partial charge in [0.1, 0.15) is 47.0 Å². The molecule has 4 aromatic carbocycles. The summed E-state index contributed by atoms with van der Waals surface area (Å²) >= 11 is 0. The molecule has 0 bridgehead atoms. The smallest absolute Gasteiger partial charge is 0.333 e. The molecule has 82 heavy (non-hydrogen) atoms. The van der Waals surface area contributed by atoms with Crippen LogP contribution in [0.25, 0.3) is 21.5 Å². The number of allylic oxidation sites excluding steroid dienone is 6. The fraction of sp³-hybridized carbons (Fsp3) is 0.423. The summed E-state index contributed by atoms with van der Waals surface area (Å²) in [6.45, 7) is 7.75. The normalized spacial score (nSPS) is 19.7. The molecule has 1 fully saturated rings. The van der Waals surface area contributed by atoms with Crippen LogP contribution in [0.1, 0.15) is 83.8 Å². The summed E-state index contributed by atoms with van der Waals surface area (Å²) in [6.07, 6.45) is 5.61. The van der Waals surface area contributed by atoms with Gasteiger partial charge >= 0.3 is 5.97 Å². The van der Waals surface area contributed by atoms with Crippen molar-refractivity contribution in [2.45, 2.75) is 103 Å². The zero-order chi connectivity index (χ0) is 60.5. The third-order valence-electron chi connectivity index (χ3n) is 14.5. The van der Waals surface area contributed by atoms with Crippen LogP contribution in [0.5, 0.6) is 0 Å². The van der Waals surface area contributed by atoms with Crippen LogP contribution >= 0.6 is 0 Å². The summed E-state index contributed by atoms with van der Waals surface area (Å²) in [5.74, 6) is -3.17. The van der Waals surface area contributed by atoms with Crippen LogP contribution in [0.3, 0.4) is 0 Å². The summed E-state index contributed by atoms with van der Waals surface area (Å²) in [5, 5.41) is -0.251. The fourth-order valence-electron chi connectivity index (χ4n) is 10.8. The zero-order valence-corrected chi connectivity index (χ0v) is 49.0. The highest BCUT2D eigenvalue weighted by Crippen LogP contribution is 2.54. The van der Waals surface area contributed by atoms with Gasteiger partial charge in [-0.1, -0.05) is 23.8 Å². The summed E-state index contributed by atoms with van der Waals surface area (Å²) < 4.78 is 206. The van der Waals surface area contributed by atoms with Gasteiger partial charge in [-0.15, -0.1) is 5.06 Å². The van der Waals surface area contributed by atoms with E-state index in [1.165, 1.54) is 31.4 Å². The third-order valence-corrected chi connectivity index (χ3v) is 18.7. The number of benzene rings is 4. The first kappa shape index (κ1) is 63.7. The first-order valence-corrected chi connectivity index (χ1v) is 32.6. The van der Waals surface area contributed by atoms with E-state index in [1.54, 1.807) is 61.5 Å². The van der Waals surface area contributed by atoms with E-state index in [4.69, 9.17) is 19.0 Å². The number of ether oxygens (including phenoxy) is 3. The molecule has 30 heteroatoms. The Bertz CT molecular complexity index is 3970. The molecule has 1 saturated heterocycles. The summed E-state index contributed by atoms with van der Waals surface area (Å²) in [5.41, 5.74) is -0.230. The topological polar surface area (TPSA) is 384 Å². The molecule has 4 aromatic rings. The lowest BCUT2D eigenvalue weighted by molar-refractivity contribution is -0.438. The van der Waals surface area contributed by atoms with Gasteiger partial charge in [-0.3, -0.25) is 9.59 Å². The molecule has 2 unspecified atom stereocenters. The molecule has 3 aliphatic rings.